The lowest BCUT2D eigenvalue weighted by molar-refractivity contribution is 0.373. The van der Waals surface area contributed by atoms with E-state index < -0.39 is 10.0 Å². The zero-order chi connectivity index (χ0) is 12.4. The Morgan fingerprint density at radius 2 is 1.94 bits per heavy atom. The monoisotopic (exact) mass is 311 g/mol. The van der Waals surface area contributed by atoms with Crippen LogP contribution in [0.1, 0.15) is 40.0 Å². The molecule has 16 heavy (non-hydrogen) atoms. The maximum absolute atomic E-state index is 11.6. The van der Waals surface area contributed by atoms with E-state index in [1.54, 1.807) is 0 Å². The molecule has 1 fully saturated rings. The topological polar surface area (TPSA) is 46.2 Å². The molecule has 5 heteroatoms. The lowest BCUT2D eigenvalue weighted by Gasteiger charge is -2.22. The molecule has 0 amide bonds. The van der Waals surface area contributed by atoms with Crippen molar-refractivity contribution in [3.8, 4) is 0 Å². The zero-order valence-electron chi connectivity index (χ0n) is 10.3. The molecule has 1 aliphatic carbocycles. The van der Waals surface area contributed by atoms with Crippen molar-refractivity contribution in [2.45, 2.75) is 44.9 Å². The van der Waals surface area contributed by atoms with Crippen LogP contribution in [0.25, 0.3) is 0 Å². The fraction of sp³-hybridized carbons (Fsp3) is 1.00. The first kappa shape index (κ1) is 14.5. The van der Waals surface area contributed by atoms with Crippen LogP contribution in [-0.2, 0) is 10.0 Å². The van der Waals surface area contributed by atoms with E-state index in [9.17, 15) is 8.42 Å². The second-order valence-electron chi connectivity index (χ2n) is 5.94. The first-order chi connectivity index (χ1) is 7.18. The van der Waals surface area contributed by atoms with Gasteiger partial charge in [-0.05, 0) is 30.6 Å². The second kappa shape index (κ2) is 5.36. The van der Waals surface area contributed by atoms with Crippen molar-refractivity contribution in [2.24, 2.45) is 11.3 Å². The predicted octanol–water partition coefficient (Wildman–Crippen LogP) is 2.52. The zero-order valence-corrected chi connectivity index (χ0v) is 12.7. The summed E-state index contributed by atoms with van der Waals surface area (Å²) < 4.78 is 25.9. The largest absolute Gasteiger partial charge is 0.214 e. The molecule has 0 bridgehead atoms. The van der Waals surface area contributed by atoms with Crippen LogP contribution in [0.4, 0.5) is 0 Å². The highest BCUT2D eigenvalue weighted by Crippen LogP contribution is 2.30. The third-order valence-electron chi connectivity index (χ3n) is 2.51. The van der Waals surface area contributed by atoms with Crippen LogP contribution >= 0.6 is 15.9 Å². The Morgan fingerprint density at radius 1 is 1.38 bits per heavy atom. The summed E-state index contributed by atoms with van der Waals surface area (Å²) in [6.07, 6.45) is 3.10. The molecular formula is C11H22BrNO2S. The maximum atomic E-state index is 11.6. The van der Waals surface area contributed by atoms with E-state index in [0.717, 1.165) is 19.3 Å². The number of halogens is 1. The summed E-state index contributed by atoms with van der Waals surface area (Å²) in [5, 5.41) is 0. The van der Waals surface area contributed by atoms with E-state index >= 15 is 0 Å². The average molecular weight is 312 g/mol. The molecule has 1 saturated carbocycles. The molecule has 0 heterocycles. The van der Waals surface area contributed by atoms with Crippen LogP contribution in [0.15, 0.2) is 0 Å². The van der Waals surface area contributed by atoms with E-state index in [-0.39, 0.29) is 10.2 Å². The molecule has 0 spiro atoms. The van der Waals surface area contributed by atoms with Gasteiger partial charge < -0.3 is 0 Å². The Labute approximate surface area is 108 Å². The van der Waals surface area contributed by atoms with Crippen molar-refractivity contribution in [2.75, 3.05) is 12.3 Å². The average Bonchev–Trinajstić information content (AvgIpc) is 2.81. The minimum Gasteiger partial charge on any atom is -0.214 e. The van der Waals surface area contributed by atoms with E-state index in [4.69, 9.17) is 0 Å². The van der Waals surface area contributed by atoms with Gasteiger partial charge in [0.05, 0.1) is 5.75 Å². The van der Waals surface area contributed by atoms with Crippen LogP contribution < -0.4 is 4.72 Å². The second-order valence-corrected chi connectivity index (χ2v) is 9.08. The van der Waals surface area contributed by atoms with Crippen molar-refractivity contribution < 1.29 is 8.42 Å². The quantitative estimate of drug-likeness (QED) is 0.766. The van der Waals surface area contributed by atoms with Crippen molar-refractivity contribution in [1.29, 1.82) is 0 Å². The Hall–Kier alpha value is 0.390. The fourth-order valence-corrected chi connectivity index (χ4v) is 4.48. The Morgan fingerprint density at radius 3 is 2.38 bits per heavy atom. The molecule has 1 unspecified atom stereocenters. The molecule has 0 aromatic heterocycles. The summed E-state index contributed by atoms with van der Waals surface area (Å²) in [5.41, 5.74) is 0.218. The Bertz CT molecular complexity index is 317. The Kier molecular flexibility index (Phi) is 4.84. The maximum Gasteiger partial charge on any atom is 0.211 e. The highest BCUT2D eigenvalue weighted by atomic mass is 79.9. The minimum absolute atomic E-state index is 0.210. The normalized spacial score (nSPS) is 19.8. The van der Waals surface area contributed by atoms with Gasteiger partial charge in [0.25, 0.3) is 0 Å². The summed E-state index contributed by atoms with van der Waals surface area (Å²) in [4.78, 5) is 0.210. The van der Waals surface area contributed by atoms with Crippen LogP contribution in [0.3, 0.4) is 0 Å². The molecule has 1 atom stereocenters. The molecule has 1 aliphatic rings. The third kappa shape index (κ3) is 6.86. The smallest absolute Gasteiger partial charge is 0.211 e. The highest BCUT2D eigenvalue weighted by Gasteiger charge is 2.28. The molecule has 3 nitrogen and oxygen atoms in total. The minimum atomic E-state index is -3.05. The van der Waals surface area contributed by atoms with E-state index in [2.05, 4.69) is 41.4 Å². The lowest BCUT2D eigenvalue weighted by atomic mass is 9.91. The van der Waals surface area contributed by atoms with Crippen LogP contribution in [-0.4, -0.2) is 25.5 Å². The van der Waals surface area contributed by atoms with Gasteiger partial charge in [0.2, 0.25) is 10.0 Å². The lowest BCUT2D eigenvalue weighted by Crippen LogP contribution is -2.33. The summed E-state index contributed by atoms with van der Waals surface area (Å²) in [7, 11) is -3.05. The van der Waals surface area contributed by atoms with Gasteiger partial charge in [-0.1, -0.05) is 36.7 Å². The summed E-state index contributed by atoms with van der Waals surface area (Å²) >= 11 is 3.52. The third-order valence-corrected chi connectivity index (χ3v) is 4.67. The number of hydrogen-bond acceptors (Lipinski definition) is 2. The summed E-state index contributed by atoms with van der Waals surface area (Å²) in [6.45, 7) is 6.95. The van der Waals surface area contributed by atoms with Gasteiger partial charge in [-0.2, -0.15) is 0 Å². The van der Waals surface area contributed by atoms with Gasteiger partial charge in [-0.15, -0.1) is 0 Å². The van der Waals surface area contributed by atoms with Crippen molar-refractivity contribution in [3.05, 3.63) is 0 Å². The molecular weight excluding hydrogens is 290 g/mol. The van der Waals surface area contributed by atoms with E-state index in [1.165, 1.54) is 0 Å². The Balaban J connectivity index is 2.27. The van der Waals surface area contributed by atoms with Crippen LogP contribution in [0.5, 0.6) is 0 Å². The van der Waals surface area contributed by atoms with Crippen LogP contribution in [0.2, 0.25) is 0 Å². The van der Waals surface area contributed by atoms with Crippen molar-refractivity contribution in [1.82, 2.24) is 4.72 Å². The van der Waals surface area contributed by atoms with Crippen LogP contribution in [0, 0.1) is 11.3 Å². The first-order valence-corrected chi connectivity index (χ1v) is 8.36. The predicted molar refractivity (Wildman–Crippen MR) is 71.3 cm³/mol. The summed E-state index contributed by atoms with van der Waals surface area (Å²) in [5.74, 6) is 0.719. The van der Waals surface area contributed by atoms with Gasteiger partial charge in [0.1, 0.15) is 0 Å². The van der Waals surface area contributed by atoms with Gasteiger partial charge in [-0.3, -0.25) is 0 Å². The number of rotatable bonds is 6. The molecule has 1 N–H and O–H groups in total. The fourth-order valence-electron chi connectivity index (χ4n) is 1.61. The SMILES string of the molecule is CC(C)(C)CC(Br)CNS(=O)(=O)CC1CC1. The van der Waals surface area contributed by atoms with Gasteiger partial charge in [-0.25, -0.2) is 13.1 Å². The summed E-state index contributed by atoms with van der Waals surface area (Å²) in [6, 6.07) is 0. The van der Waals surface area contributed by atoms with Gasteiger partial charge in [0, 0.05) is 11.4 Å². The molecule has 96 valence electrons. The molecule has 0 saturated heterocycles. The number of hydrogen-bond donors (Lipinski definition) is 1. The van der Waals surface area contributed by atoms with E-state index in [1.807, 2.05) is 0 Å². The number of sulfonamides is 1. The van der Waals surface area contributed by atoms with Gasteiger partial charge >= 0.3 is 0 Å². The molecule has 0 aliphatic heterocycles. The number of nitrogens with one attached hydrogen (secondary N) is 1. The van der Waals surface area contributed by atoms with Gasteiger partial charge in [0.15, 0.2) is 0 Å². The first-order valence-electron chi connectivity index (χ1n) is 5.79. The van der Waals surface area contributed by atoms with Crippen molar-refractivity contribution in [3.63, 3.8) is 0 Å². The number of alkyl halides is 1. The highest BCUT2D eigenvalue weighted by molar-refractivity contribution is 9.09. The van der Waals surface area contributed by atoms with E-state index in [0.29, 0.717) is 18.2 Å². The van der Waals surface area contributed by atoms with Crippen molar-refractivity contribution >= 4 is 26.0 Å². The molecule has 1 rings (SSSR count). The molecule has 0 aromatic rings. The standard InChI is InChI=1S/C11H22BrNO2S/c1-11(2,3)6-10(12)7-13-16(14,15)8-9-4-5-9/h9-10,13H,4-8H2,1-3H3. The molecule has 0 radical (unpaired) electrons. The molecule has 0 aromatic carbocycles.